The first-order valence-electron chi connectivity index (χ1n) is 22.3. The molecule has 0 aliphatic rings. The van der Waals surface area contributed by atoms with Gasteiger partial charge in [0.25, 0.3) is 11.8 Å². The first kappa shape index (κ1) is 57.3. The van der Waals surface area contributed by atoms with Crippen molar-refractivity contribution < 1.29 is 27.9 Å². The number of hydrogen-bond donors (Lipinski definition) is 4. The molecule has 6 heterocycles. The van der Waals surface area contributed by atoms with Crippen molar-refractivity contribution in [2.45, 2.75) is 95.1 Å². The maximum atomic E-state index is 14.6. The SMILES string of the molecule is C.C.Cc1cc(N)nc(C)c1CNC(=O)c1cn(Cc2cc(F)c3ncc(Cl)cc3c2)nc1C#N.Cc1cc(NC(=O)OC(C)(C)C)nc(C)c1CNC(=O)c1cn(Cc2cc(F)c3ncc(Cl)cc3c2)nc1C#N. The Hall–Kier alpha value is -8.59. The topological polar surface area (TPSA) is 257 Å². The molecule has 0 atom stereocenters. The van der Waals surface area contributed by atoms with E-state index in [1.807, 2.05) is 32.9 Å². The van der Waals surface area contributed by atoms with Crippen molar-refractivity contribution in [2.75, 3.05) is 11.1 Å². The molecular weight excluding hydrogens is 1010 g/mol. The summed E-state index contributed by atoms with van der Waals surface area (Å²) in [6, 6.07) is 16.7. The van der Waals surface area contributed by atoms with Crippen molar-refractivity contribution in [1.29, 1.82) is 10.5 Å². The van der Waals surface area contributed by atoms with Gasteiger partial charge in [-0.3, -0.25) is 34.2 Å². The molecular formula is C53H54Cl2F2N14O4. The van der Waals surface area contributed by atoms with Crippen LogP contribution in [-0.4, -0.2) is 63.0 Å². The van der Waals surface area contributed by atoms with E-state index in [9.17, 15) is 33.7 Å². The fraction of sp³-hybridized carbons (Fsp3) is 0.264. The van der Waals surface area contributed by atoms with Crippen LogP contribution >= 0.6 is 23.2 Å². The van der Waals surface area contributed by atoms with Gasteiger partial charge in [0.2, 0.25) is 0 Å². The summed E-state index contributed by atoms with van der Waals surface area (Å²) in [5.41, 5.74) is 11.4. The van der Waals surface area contributed by atoms with Crippen LogP contribution in [0.15, 0.2) is 73.3 Å². The van der Waals surface area contributed by atoms with Crippen LogP contribution in [0, 0.1) is 62.0 Å². The Bertz CT molecular complexity index is 3530. The van der Waals surface area contributed by atoms with Crippen molar-refractivity contribution in [3.63, 3.8) is 0 Å². The highest BCUT2D eigenvalue weighted by atomic mass is 35.5. The van der Waals surface area contributed by atoms with Gasteiger partial charge in [-0.15, -0.1) is 0 Å². The number of carbonyl (C=O) groups excluding carboxylic acids is 3. The first-order chi connectivity index (χ1) is 34.6. The molecule has 0 saturated heterocycles. The Balaban J connectivity index is 0.000000275. The number of aryl methyl sites for hydroxylation is 4. The lowest BCUT2D eigenvalue weighted by molar-refractivity contribution is 0.0634. The Morgan fingerprint density at radius 2 is 1.13 bits per heavy atom. The highest BCUT2D eigenvalue weighted by molar-refractivity contribution is 6.31. The van der Waals surface area contributed by atoms with Gasteiger partial charge in [-0.2, -0.15) is 20.7 Å². The molecule has 3 amide bonds. The van der Waals surface area contributed by atoms with Crippen LogP contribution < -0.4 is 21.7 Å². The number of pyridine rings is 4. The number of halogens is 4. The molecule has 0 bridgehead atoms. The second-order valence-corrected chi connectivity index (χ2v) is 18.7. The zero-order chi connectivity index (χ0) is 52.9. The normalized spacial score (nSPS) is 10.8. The number of nitrogens with zero attached hydrogens (tertiary/aromatic N) is 10. The fourth-order valence-electron chi connectivity index (χ4n) is 7.81. The number of nitriles is 2. The average Bonchev–Trinajstić information content (AvgIpc) is 3.91. The Morgan fingerprint density at radius 3 is 1.55 bits per heavy atom. The summed E-state index contributed by atoms with van der Waals surface area (Å²) < 4.78 is 37.1. The van der Waals surface area contributed by atoms with Gasteiger partial charge in [-0.05, 0) is 130 Å². The van der Waals surface area contributed by atoms with Gasteiger partial charge in [-0.25, -0.2) is 23.5 Å². The van der Waals surface area contributed by atoms with E-state index in [1.165, 1.54) is 46.3 Å². The van der Waals surface area contributed by atoms with E-state index >= 15 is 0 Å². The zero-order valence-corrected chi connectivity index (χ0v) is 42.0. The molecule has 5 N–H and O–H groups in total. The van der Waals surface area contributed by atoms with Gasteiger partial charge >= 0.3 is 6.09 Å². The van der Waals surface area contributed by atoms with Crippen molar-refractivity contribution in [2.24, 2.45) is 0 Å². The summed E-state index contributed by atoms with van der Waals surface area (Å²) in [4.78, 5) is 54.5. The molecule has 0 fully saturated rings. The number of aromatic nitrogens is 8. The summed E-state index contributed by atoms with van der Waals surface area (Å²) in [6.07, 6.45) is 5.05. The summed E-state index contributed by atoms with van der Waals surface area (Å²) in [7, 11) is 0. The van der Waals surface area contributed by atoms with Crippen LogP contribution in [-0.2, 0) is 30.9 Å². The molecule has 0 saturated carbocycles. The number of anilines is 2. The quantitative estimate of drug-likeness (QED) is 0.0941. The number of rotatable bonds is 11. The molecule has 18 nitrogen and oxygen atoms in total. The lowest BCUT2D eigenvalue weighted by atomic mass is 10.1. The van der Waals surface area contributed by atoms with Gasteiger partial charge in [0.05, 0.1) is 34.3 Å². The molecule has 0 spiro atoms. The van der Waals surface area contributed by atoms with E-state index < -0.39 is 35.1 Å². The van der Waals surface area contributed by atoms with Crippen LogP contribution in [0.3, 0.4) is 0 Å². The summed E-state index contributed by atoms with van der Waals surface area (Å²) in [6.45, 7) is 13.2. The molecule has 75 heavy (non-hydrogen) atoms. The minimum absolute atomic E-state index is 0. The molecule has 8 aromatic rings. The minimum Gasteiger partial charge on any atom is -0.444 e. The molecule has 6 aromatic heterocycles. The zero-order valence-electron chi connectivity index (χ0n) is 40.5. The summed E-state index contributed by atoms with van der Waals surface area (Å²) in [5.74, 6) is -1.21. The predicted molar refractivity (Wildman–Crippen MR) is 283 cm³/mol. The number of amides is 3. The standard InChI is InChI=1S/C28H27ClFN7O3.C23H19ClFN7O.2CH4/c1-15-6-24(35-27(39)40-28(3,4)5)34-16(2)20(15)12-33-26(38)21-14-37(36-23(21)10-31)13-17-7-18-9-19(29)11-32-25(18)22(30)8-17;1-12-3-21(27)30-13(2)17(12)9-29-23(33)18-11-32(31-20(18)7-26)10-14-4-15-6-16(24)8-28-22(15)19(25)5-14;;/h6-9,11,14H,12-13H2,1-5H3,(H,33,38)(H,34,35,39);3-6,8,11H,9-10H2,1-2H3,(H2,27,30)(H,29,33);2*1H4. The number of fused-ring (bicyclic) bond motifs is 2. The number of benzene rings is 2. The third kappa shape index (κ3) is 14.1. The van der Waals surface area contributed by atoms with Gasteiger partial charge in [-0.1, -0.05) is 38.1 Å². The second kappa shape index (κ2) is 24.0. The summed E-state index contributed by atoms with van der Waals surface area (Å²) >= 11 is 12.0. The maximum Gasteiger partial charge on any atom is 0.413 e. The van der Waals surface area contributed by atoms with E-state index in [2.05, 4.69) is 46.1 Å². The Morgan fingerprint density at radius 1 is 0.693 bits per heavy atom. The van der Waals surface area contributed by atoms with E-state index in [0.29, 0.717) is 49.3 Å². The summed E-state index contributed by atoms with van der Waals surface area (Å²) in [5, 5.41) is 37.4. The van der Waals surface area contributed by atoms with Crippen LogP contribution in [0.4, 0.5) is 25.2 Å². The number of carbonyl (C=O) groups is 3. The van der Waals surface area contributed by atoms with Gasteiger partial charge in [0.15, 0.2) is 11.4 Å². The van der Waals surface area contributed by atoms with Crippen molar-refractivity contribution in [3.8, 4) is 12.1 Å². The van der Waals surface area contributed by atoms with E-state index in [0.717, 1.165) is 27.9 Å². The molecule has 0 aliphatic carbocycles. The van der Waals surface area contributed by atoms with Crippen LogP contribution in [0.1, 0.15) is 112 Å². The average molecular weight is 1060 g/mol. The van der Waals surface area contributed by atoms with Crippen LogP contribution in [0.25, 0.3) is 21.8 Å². The van der Waals surface area contributed by atoms with Gasteiger partial charge < -0.3 is 21.1 Å². The maximum absolute atomic E-state index is 14.6. The molecule has 0 aliphatic heterocycles. The smallest absolute Gasteiger partial charge is 0.413 e. The number of nitrogens with one attached hydrogen (secondary N) is 3. The number of ether oxygens (including phenoxy) is 1. The highest BCUT2D eigenvalue weighted by Crippen LogP contribution is 2.25. The molecule has 8 rings (SSSR count). The van der Waals surface area contributed by atoms with E-state index in [-0.39, 0.29) is 74.6 Å². The largest absolute Gasteiger partial charge is 0.444 e. The van der Waals surface area contributed by atoms with Crippen LogP contribution in [0.2, 0.25) is 10.0 Å². The predicted octanol–water partition coefficient (Wildman–Crippen LogP) is 10.4. The second-order valence-electron chi connectivity index (χ2n) is 17.8. The molecule has 0 unspecified atom stereocenters. The molecule has 0 radical (unpaired) electrons. The van der Waals surface area contributed by atoms with Crippen molar-refractivity contribution in [3.05, 3.63) is 162 Å². The monoisotopic (exact) mass is 1060 g/mol. The number of nitrogen functional groups attached to an aromatic ring is 1. The van der Waals surface area contributed by atoms with Crippen molar-refractivity contribution >= 4 is 74.6 Å². The van der Waals surface area contributed by atoms with Gasteiger partial charge in [0, 0.05) is 60.0 Å². The first-order valence-corrected chi connectivity index (χ1v) is 23.0. The van der Waals surface area contributed by atoms with E-state index in [4.69, 9.17) is 33.7 Å². The van der Waals surface area contributed by atoms with Crippen molar-refractivity contribution in [1.82, 2.24) is 50.1 Å². The fourth-order valence-corrected chi connectivity index (χ4v) is 8.15. The number of hydrogen-bond acceptors (Lipinski definition) is 13. The molecule has 388 valence electrons. The minimum atomic E-state index is -0.647. The van der Waals surface area contributed by atoms with Crippen LogP contribution in [0.5, 0.6) is 0 Å². The third-order valence-electron chi connectivity index (χ3n) is 11.0. The lowest BCUT2D eigenvalue weighted by Crippen LogP contribution is -2.28. The van der Waals surface area contributed by atoms with E-state index in [1.54, 1.807) is 64.1 Å². The van der Waals surface area contributed by atoms with Gasteiger partial charge in [0.1, 0.15) is 52.0 Å². The molecule has 2 aromatic carbocycles. The number of nitrogens with two attached hydrogens (primary N) is 1. The Labute approximate surface area is 441 Å². The molecule has 22 heteroatoms. The third-order valence-corrected chi connectivity index (χ3v) is 11.5. The lowest BCUT2D eigenvalue weighted by Gasteiger charge is -2.20. The Kier molecular flexibility index (Phi) is 18.3. The highest BCUT2D eigenvalue weighted by Gasteiger charge is 2.21.